The Kier molecular flexibility index (Phi) is 3.31. The zero-order valence-electron chi connectivity index (χ0n) is 10.7. The fourth-order valence-electron chi connectivity index (χ4n) is 2.22. The van der Waals surface area contributed by atoms with Crippen LogP contribution in [0.1, 0.15) is 26.6 Å². The number of anilines is 1. The summed E-state index contributed by atoms with van der Waals surface area (Å²) in [5.41, 5.74) is 3.94. The molecule has 1 aliphatic rings. The maximum Gasteiger partial charge on any atom is 0.275 e. The molecule has 2 aromatic rings. The molecule has 1 aliphatic heterocycles. The van der Waals surface area contributed by atoms with Crippen molar-refractivity contribution in [3.05, 3.63) is 45.4 Å². The third-order valence-corrected chi connectivity index (χ3v) is 3.98. The summed E-state index contributed by atoms with van der Waals surface area (Å²) in [4.78, 5) is 16.2. The van der Waals surface area contributed by atoms with Crippen molar-refractivity contribution in [1.29, 1.82) is 0 Å². The number of fused-ring (bicyclic) bond motifs is 1. The molecule has 0 unspecified atom stereocenters. The lowest BCUT2D eigenvalue weighted by Gasteiger charge is -2.17. The second-order valence-corrected chi connectivity index (χ2v) is 5.68. The molecule has 0 atom stereocenters. The predicted molar refractivity (Wildman–Crippen MR) is 76.7 cm³/mol. The zero-order chi connectivity index (χ0) is 13.2. The van der Waals surface area contributed by atoms with Crippen LogP contribution in [0.3, 0.4) is 0 Å². The van der Waals surface area contributed by atoms with Crippen molar-refractivity contribution in [2.24, 2.45) is 0 Å². The van der Waals surface area contributed by atoms with Gasteiger partial charge in [-0.3, -0.25) is 4.79 Å². The smallest absolute Gasteiger partial charge is 0.275 e. The fourth-order valence-corrected chi connectivity index (χ4v) is 2.81. The molecule has 0 spiro atoms. The Balaban J connectivity index is 1.78. The molecule has 1 amide bonds. The summed E-state index contributed by atoms with van der Waals surface area (Å²) in [5.74, 6) is -0.145. The summed E-state index contributed by atoms with van der Waals surface area (Å²) >= 11 is 1.48. The number of aryl methyl sites for hydroxylation is 1. The van der Waals surface area contributed by atoms with Gasteiger partial charge >= 0.3 is 0 Å². The van der Waals surface area contributed by atoms with Crippen LogP contribution in [-0.2, 0) is 13.0 Å². The molecule has 0 bridgehead atoms. The standard InChI is InChI=1S/C14H15N3OS/c1-9-16-13(8-19-9)14(18)17-12-3-2-10-4-5-15-7-11(10)6-12/h2-3,6,8,15H,4-5,7H2,1H3,(H,17,18). The molecular weight excluding hydrogens is 258 g/mol. The highest BCUT2D eigenvalue weighted by Crippen LogP contribution is 2.19. The highest BCUT2D eigenvalue weighted by atomic mass is 32.1. The minimum atomic E-state index is -0.145. The van der Waals surface area contributed by atoms with E-state index in [2.05, 4.69) is 21.7 Å². The monoisotopic (exact) mass is 273 g/mol. The summed E-state index contributed by atoms with van der Waals surface area (Å²) in [6.45, 7) is 3.79. The number of nitrogens with zero attached hydrogens (tertiary/aromatic N) is 1. The minimum Gasteiger partial charge on any atom is -0.321 e. The van der Waals surface area contributed by atoms with Crippen LogP contribution in [0.5, 0.6) is 0 Å². The lowest BCUT2D eigenvalue weighted by atomic mass is 10.0. The molecule has 5 heteroatoms. The first-order chi connectivity index (χ1) is 9.22. The molecule has 0 saturated carbocycles. The third-order valence-electron chi connectivity index (χ3n) is 3.20. The minimum absolute atomic E-state index is 0.145. The number of hydrogen-bond donors (Lipinski definition) is 2. The van der Waals surface area contributed by atoms with Gasteiger partial charge in [0.15, 0.2) is 0 Å². The average molecular weight is 273 g/mol. The number of carbonyl (C=O) groups excluding carboxylic acids is 1. The van der Waals surface area contributed by atoms with Gasteiger partial charge in [-0.15, -0.1) is 11.3 Å². The van der Waals surface area contributed by atoms with E-state index in [0.29, 0.717) is 5.69 Å². The molecule has 19 heavy (non-hydrogen) atoms. The summed E-state index contributed by atoms with van der Waals surface area (Å²) in [7, 11) is 0. The fraction of sp³-hybridized carbons (Fsp3) is 0.286. The van der Waals surface area contributed by atoms with Crippen molar-refractivity contribution in [2.75, 3.05) is 11.9 Å². The van der Waals surface area contributed by atoms with Crippen LogP contribution >= 0.6 is 11.3 Å². The van der Waals surface area contributed by atoms with Gasteiger partial charge in [0.25, 0.3) is 5.91 Å². The average Bonchev–Trinajstić information content (AvgIpc) is 2.85. The molecular formula is C14H15N3OS. The van der Waals surface area contributed by atoms with E-state index >= 15 is 0 Å². The second kappa shape index (κ2) is 5.11. The number of rotatable bonds is 2. The van der Waals surface area contributed by atoms with Crippen molar-refractivity contribution in [1.82, 2.24) is 10.3 Å². The van der Waals surface area contributed by atoms with E-state index in [9.17, 15) is 4.79 Å². The van der Waals surface area contributed by atoms with E-state index < -0.39 is 0 Å². The van der Waals surface area contributed by atoms with Gasteiger partial charge in [0.2, 0.25) is 0 Å². The molecule has 0 aliphatic carbocycles. The molecule has 0 radical (unpaired) electrons. The van der Waals surface area contributed by atoms with Crippen molar-refractivity contribution in [3.63, 3.8) is 0 Å². The molecule has 0 saturated heterocycles. The Morgan fingerprint density at radius 1 is 1.42 bits per heavy atom. The topological polar surface area (TPSA) is 54.0 Å². The van der Waals surface area contributed by atoms with Gasteiger partial charge in [0.05, 0.1) is 5.01 Å². The van der Waals surface area contributed by atoms with Gasteiger partial charge in [0, 0.05) is 17.6 Å². The Bertz CT molecular complexity index is 621. The molecule has 1 aromatic heterocycles. The van der Waals surface area contributed by atoms with Gasteiger partial charge in [-0.25, -0.2) is 4.98 Å². The van der Waals surface area contributed by atoms with Gasteiger partial charge in [-0.1, -0.05) is 6.07 Å². The highest BCUT2D eigenvalue weighted by molar-refractivity contribution is 7.09. The van der Waals surface area contributed by atoms with Gasteiger partial charge in [-0.05, 0) is 43.1 Å². The van der Waals surface area contributed by atoms with Gasteiger partial charge in [0.1, 0.15) is 5.69 Å². The first-order valence-electron chi connectivity index (χ1n) is 6.28. The normalized spacial score (nSPS) is 13.9. The number of nitrogens with one attached hydrogen (secondary N) is 2. The van der Waals surface area contributed by atoms with E-state index in [0.717, 1.165) is 30.2 Å². The summed E-state index contributed by atoms with van der Waals surface area (Å²) < 4.78 is 0. The SMILES string of the molecule is Cc1nc(C(=O)Nc2ccc3c(c2)CNCC3)cs1. The highest BCUT2D eigenvalue weighted by Gasteiger charge is 2.12. The van der Waals surface area contributed by atoms with Crippen molar-refractivity contribution < 1.29 is 4.79 Å². The predicted octanol–water partition coefficient (Wildman–Crippen LogP) is 2.35. The van der Waals surface area contributed by atoms with Crippen LogP contribution < -0.4 is 10.6 Å². The first-order valence-corrected chi connectivity index (χ1v) is 7.16. The van der Waals surface area contributed by atoms with Gasteiger partial charge in [-0.2, -0.15) is 0 Å². The van der Waals surface area contributed by atoms with Crippen molar-refractivity contribution >= 4 is 22.9 Å². The van der Waals surface area contributed by atoms with Crippen molar-refractivity contribution in [3.8, 4) is 0 Å². The molecule has 1 aromatic carbocycles. The van der Waals surface area contributed by atoms with Crippen LogP contribution in [0, 0.1) is 6.92 Å². The van der Waals surface area contributed by atoms with E-state index in [1.54, 1.807) is 5.38 Å². The number of hydrogen-bond acceptors (Lipinski definition) is 4. The molecule has 2 N–H and O–H groups in total. The van der Waals surface area contributed by atoms with E-state index in [1.165, 1.54) is 22.5 Å². The number of carbonyl (C=O) groups is 1. The van der Waals surface area contributed by atoms with Gasteiger partial charge < -0.3 is 10.6 Å². The Morgan fingerprint density at radius 3 is 3.11 bits per heavy atom. The van der Waals surface area contributed by atoms with Crippen molar-refractivity contribution in [2.45, 2.75) is 19.9 Å². The molecule has 4 nitrogen and oxygen atoms in total. The molecule has 2 heterocycles. The molecule has 3 rings (SSSR count). The molecule has 0 fully saturated rings. The Morgan fingerprint density at radius 2 is 2.32 bits per heavy atom. The Labute approximate surface area is 115 Å². The molecule has 98 valence electrons. The lowest BCUT2D eigenvalue weighted by Crippen LogP contribution is -2.23. The second-order valence-electron chi connectivity index (χ2n) is 4.62. The maximum absolute atomic E-state index is 12.0. The maximum atomic E-state index is 12.0. The lowest BCUT2D eigenvalue weighted by molar-refractivity contribution is 0.102. The number of benzene rings is 1. The first kappa shape index (κ1) is 12.3. The van der Waals surface area contributed by atoms with Crippen LogP contribution in [-0.4, -0.2) is 17.4 Å². The van der Waals surface area contributed by atoms with Crippen LogP contribution in [0.2, 0.25) is 0 Å². The van der Waals surface area contributed by atoms with Crippen LogP contribution in [0.25, 0.3) is 0 Å². The number of aromatic nitrogens is 1. The van der Waals surface area contributed by atoms with E-state index in [1.807, 2.05) is 19.1 Å². The summed E-state index contributed by atoms with van der Waals surface area (Å²) in [5, 5.41) is 8.92. The number of thiazole rings is 1. The summed E-state index contributed by atoms with van der Waals surface area (Å²) in [6.07, 6.45) is 1.05. The van der Waals surface area contributed by atoms with Crippen LogP contribution in [0.4, 0.5) is 5.69 Å². The van der Waals surface area contributed by atoms with E-state index in [4.69, 9.17) is 0 Å². The number of amides is 1. The third kappa shape index (κ3) is 2.67. The largest absolute Gasteiger partial charge is 0.321 e. The van der Waals surface area contributed by atoms with E-state index in [-0.39, 0.29) is 5.91 Å². The zero-order valence-corrected chi connectivity index (χ0v) is 11.5. The summed E-state index contributed by atoms with van der Waals surface area (Å²) in [6, 6.07) is 6.10. The van der Waals surface area contributed by atoms with Crippen LogP contribution in [0.15, 0.2) is 23.6 Å². The Hall–Kier alpha value is -1.72. The quantitative estimate of drug-likeness (QED) is 0.883.